The van der Waals surface area contributed by atoms with Crippen LogP contribution in [0.15, 0.2) is 64.9 Å². The number of ether oxygens (including phenoxy) is 1. The summed E-state index contributed by atoms with van der Waals surface area (Å²) >= 11 is 1.31. The van der Waals surface area contributed by atoms with Crippen LogP contribution in [-0.4, -0.2) is 22.7 Å². The summed E-state index contributed by atoms with van der Waals surface area (Å²) in [6.07, 6.45) is 3.44. The van der Waals surface area contributed by atoms with Crippen LogP contribution in [0.2, 0.25) is 0 Å². The van der Waals surface area contributed by atoms with Gasteiger partial charge in [-0.05, 0) is 54.4 Å². The molecule has 6 heteroatoms. The van der Waals surface area contributed by atoms with E-state index in [-0.39, 0.29) is 0 Å². The molecule has 0 fully saturated rings. The number of benzene rings is 2. The van der Waals surface area contributed by atoms with Crippen LogP contribution in [0, 0.1) is 4.91 Å². The van der Waals surface area contributed by atoms with Gasteiger partial charge in [0.05, 0.1) is 11.9 Å². The highest BCUT2D eigenvalue weighted by molar-refractivity contribution is 8.01. The average Bonchev–Trinajstić information content (AvgIpc) is 2.66. The molecule has 0 spiro atoms. The third-order valence-electron chi connectivity index (χ3n) is 4.10. The van der Waals surface area contributed by atoms with Crippen molar-refractivity contribution < 1.29 is 9.53 Å². The molecule has 0 atom stereocenters. The molecule has 132 valence electrons. The summed E-state index contributed by atoms with van der Waals surface area (Å²) in [6.45, 7) is 3.39. The average molecular weight is 366 g/mol. The number of methoxy groups -OCH3 is 1. The summed E-state index contributed by atoms with van der Waals surface area (Å²) < 4.78 is 4.32. The molecule has 1 amide bonds. The standard InChI is InChI=1S/C20H18N2O3S/c1-20(2,19(23)22-24)26-18-8-9-21-12-17(18)15-5-4-14-11-16(25-3)7-6-13(14)10-15/h4-12H,1-3H3. The maximum atomic E-state index is 11.8. The number of carbonyl (C=O) groups is 1. The predicted octanol–water partition coefficient (Wildman–Crippen LogP) is 5.07. The van der Waals surface area contributed by atoms with Crippen molar-refractivity contribution in [3.8, 4) is 16.9 Å². The first-order valence-electron chi connectivity index (χ1n) is 8.03. The number of carbonyl (C=O) groups excluding carboxylic acids is 1. The lowest BCUT2D eigenvalue weighted by molar-refractivity contribution is -0.119. The first kappa shape index (κ1) is 18.1. The Balaban J connectivity index is 2.03. The van der Waals surface area contributed by atoms with Gasteiger partial charge in [-0.15, -0.1) is 16.7 Å². The molecule has 0 saturated heterocycles. The molecule has 0 bridgehead atoms. The lowest BCUT2D eigenvalue weighted by Gasteiger charge is -2.20. The largest absolute Gasteiger partial charge is 0.497 e. The van der Waals surface area contributed by atoms with Crippen molar-refractivity contribution in [1.82, 2.24) is 4.98 Å². The molecule has 0 aliphatic rings. The van der Waals surface area contributed by atoms with Crippen LogP contribution in [0.1, 0.15) is 13.8 Å². The van der Waals surface area contributed by atoms with Gasteiger partial charge in [0, 0.05) is 28.0 Å². The van der Waals surface area contributed by atoms with Crippen molar-refractivity contribution in [2.45, 2.75) is 23.5 Å². The molecular weight excluding hydrogens is 348 g/mol. The van der Waals surface area contributed by atoms with Crippen LogP contribution in [-0.2, 0) is 4.79 Å². The summed E-state index contributed by atoms with van der Waals surface area (Å²) in [4.78, 5) is 27.5. The Morgan fingerprint density at radius 3 is 2.58 bits per heavy atom. The van der Waals surface area contributed by atoms with Crippen molar-refractivity contribution in [2.75, 3.05) is 7.11 Å². The fourth-order valence-electron chi connectivity index (χ4n) is 2.63. The van der Waals surface area contributed by atoms with Gasteiger partial charge in [-0.3, -0.25) is 9.78 Å². The van der Waals surface area contributed by atoms with E-state index in [1.54, 1.807) is 33.4 Å². The first-order chi connectivity index (χ1) is 12.4. The van der Waals surface area contributed by atoms with Gasteiger partial charge in [-0.25, -0.2) is 0 Å². The Kier molecular flexibility index (Phi) is 5.04. The lowest BCUT2D eigenvalue weighted by Crippen LogP contribution is -2.25. The molecule has 0 radical (unpaired) electrons. The third-order valence-corrected chi connectivity index (χ3v) is 5.36. The van der Waals surface area contributed by atoms with Gasteiger partial charge in [0.15, 0.2) is 0 Å². The summed E-state index contributed by atoms with van der Waals surface area (Å²) in [5.41, 5.74) is 1.89. The van der Waals surface area contributed by atoms with Crippen LogP contribution < -0.4 is 4.74 Å². The van der Waals surface area contributed by atoms with Crippen molar-refractivity contribution in [1.29, 1.82) is 0 Å². The van der Waals surface area contributed by atoms with Crippen molar-refractivity contribution in [3.05, 3.63) is 59.8 Å². The van der Waals surface area contributed by atoms with Crippen LogP contribution in [0.4, 0.5) is 0 Å². The highest BCUT2D eigenvalue weighted by Crippen LogP contribution is 2.39. The van der Waals surface area contributed by atoms with Gasteiger partial charge in [-0.2, -0.15) is 0 Å². The van der Waals surface area contributed by atoms with E-state index in [9.17, 15) is 9.70 Å². The van der Waals surface area contributed by atoms with E-state index < -0.39 is 10.7 Å². The third kappa shape index (κ3) is 3.60. The molecule has 5 nitrogen and oxygen atoms in total. The second kappa shape index (κ2) is 7.25. The minimum Gasteiger partial charge on any atom is -0.497 e. The molecule has 0 aliphatic carbocycles. The number of fused-ring (bicyclic) bond motifs is 1. The zero-order valence-corrected chi connectivity index (χ0v) is 15.5. The summed E-state index contributed by atoms with van der Waals surface area (Å²) in [5.74, 6) is 0.125. The highest BCUT2D eigenvalue weighted by atomic mass is 32.2. The van der Waals surface area contributed by atoms with Gasteiger partial charge in [0.2, 0.25) is 0 Å². The molecule has 2 aromatic carbocycles. The van der Waals surface area contributed by atoms with Crippen molar-refractivity contribution in [3.63, 3.8) is 0 Å². The van der Waals surface area contributed by atoms with E-state index in [0.29, 0.717) is 0 Å². The van der Waals surface area contributed by atoms with E-state index >= 15 is 0 Å². The molecule has 0 unspecified atom stereocenters. The number of aromatic nitrogens is 1. The topological polar surface area (TPSA) is 68.6 Å². The Bertz CT molecular complexity index is 986. The smallest absolute Gasteiger partial charge is 0.302 e. The number of rotatable bonds is 5. The predicted molar refractivity (Wildman–Crippen MR) is 104 cm³/mol. The Morgan fingerprint density at radius 2 is 1.85 bits per heavy atom. The molecule has 1 aromatic heterocycles. The summed E-state index contributed by atoms with van der Waals surface area (Å²) in [6, 6.07) is 13.9. The van der Waals surface area contributed by atoms with E-state index in [4.69, 9.17) is 4.74 Å². The van der Waals surface area contributed by atoms with Crippen LogP contribution >= 0.6 is 11.8 Å². The number of hydrogen-bond donors (Lipinski definition) is 0. The molecule has 26 heavy (non-hydrogen) atoms. The fraction of sp³-hybridized carbons (Fsp3) is 0.200. The van der Waals surface area contributed by atoms with Gasteiger partial charge < -0.3 is 4.74 Å². The SMILES string of the molecule is COc1ccc2cc(-c3cnccc3SC(C)(C)C(=O)N=O)ccc2c1. The van der Waals surface area contributed by atoms with Crippen LogP contribution in [0.25, 0.3) is 21.9 Å². The van der Waals surface area contributed by atoms with E-state index in [2.05, 4.69) is 16.2 Å². The zero-order valence-electron chi connectivity index (χ0n) is 14.7. The summed E-state index contributed by atoms with van der Waals surface area (Å²) in [5, 5.41) is 4.73. The minimum absolute atomic E-state index is 0.684. The number of thioether (sulfide) groups is 1. The Morgan fingerprint density at radius 1 is 1.12 bits per heavy atom. The maximum absolute atomic E-state index is 11.8. The molecule has 1 heterocycles. The van der Waals surface area contributed by atoms with Crippen molar-refractivity contribution in [2.24, 2.45) is 5.18 Å². The monoisotopic (exact) mass is 366 g/mol. The van der Waals surface area contributed by atoms with Crippen LogP contribution in [0.3, 0.4) is 0 Å². The fourth-order valence-corrected chi connectivity index (χ4v) is 3.72. The van der Waals surface area contributed by atoms with Gasteiger partial charge >= 0.3 is 5.91 Å². The maximum Gasteiger partial charge on any atom is 0.302 e. The highest BCUT2D eigenvalue weighted by Gasteiger charge is 2.31. The molecule has 3 rings (SSSR count). The Hall–Kier alpha value is -2.73. The molecule has 3 aromatic rings. The summed E-state index contributed by atoms with van der Waals surface area (Å²) in [7, 11) is 1.64. The number of nitroso groups, excluding NO2 is 1. The number of nitrogens with zero attached hydrogens (tertiary/aromatic N) is 2. The van der Waals surface area contributed by atoms with Gasteiger partial charge in [0.1, 0.15) is 5.75 Å². The molecule has 0 aliphatic heterocycles. The van der Waals surface area contributed by atoms with Gasteiger partial charge in [0.25, 0.3) is 0 Å². The second-order valence-corrected chi connectivity index (χ2v) is 7.97. The van der Waals surface area contributed by atoms with Gasteiger partial charge in [-0.1, -0.05) is 18.2 Å². The van der Waals surface area contributed by atoms with E-state index in [1.165, 1.54) is 11.8 Å². The zero-order chi connectivity index (χ0) is 18.7. The number of amides is 1. The van der Waals surface area contributed by atoms with Crippen molar-refractivity contribution >= 4 is 28.4 Å². The van der Waals surface area contributed by atoms with E-state index in [1.807, 2.05) is 36.4 Å². The van der Waals surface area contributed by atoms with E-state index in [0.717, 1.165) is 32.5 Å². The number of hydrogen-bond acceptors (Lipinski definition) is 5. The molecule has 0 saturated carbocycles. The normalized spacial score (nSPS) is 11.3. The molecular formula is C20H18N2O3S. The van der Waals surface area contributed by atoms with Crippen LogP contribution in [0.5, 0.6) is 5.75 Å². The first-order valence-corrected chi connectivity index (χ1v) is 8.85. The quantitative estimate of drug-likeness (QED) is 0.465. The minimum atomic E-state index is -0.942. The second-order valence-electron chi connectivity index (χ2n) is 6.31. The number of pyridine rings is 1. The lowest BCUT2D eigenvalue weighted by atomic mass is 10.0. The Labute approximate surface area is 155 Å². The molecule has 0 N–H and O–H groups in total.